The molecule has 1 aliphatic rings. The lowest BCUT2D eigenvalue weighted by molar-refractivity contribution is 0.100. The van der Waals surface area contributed by atoms with Crippen molar-refractivity contribution in [3.05, 3.63) is 23.8 Å². The molecule has 0 spiro atoms. The third kappa shape index (κ3) is 3.06. The Morgan fingerprint density at radius 2 is 2.35 bits per heavy atom. The van der Waals surface area contributed by atoms with Gasteiger partial charge in [-0.15, -0.1) is 0 Å². The summed E-state index contributed by atoms with van der Waals surface area (Å²) in [6.07, 6.45) is 2.50. The Kier molecular flexibility index (Phi) is 3.78. The molecule has 0 bridgehead atoms. The molecule has 0 aromatic heterocycles. The molecule has 1 unspecified atom stereocenters. The Labute approximate surface area is 105 Å². The number of primary amides is 1. The minimum absolute atomic E-state index is 0.424. The second-order valence-electron chi connectivity index (χ2n) is 4.19. The smallest absolute Gasteiger partial charge is 0.250 e. The number of hydrogen-bond donors (Lipinski definition) is 3. The molecule has 1 aliphatic heterocycles. The molecule has 1 fully saturated rings. The van der Waals surface area contributed by atoms with E-state index in [1.165, 1.54) is 18.6 Å². The monoisotopic (exact) mass is 251 g/mol. The van der Waals surface area contributed by atoms with E-state index in [0.29, 0.717) is 16.5 Å². The molecule has 1 aromatic rings. The highest BCUT2D eigenvalue weighted by Crippen LogP contribution is 2.27. The van der Waals surface area contributed by atoms with E-state index in [1.807, 2.05) is 11.8 Å². The Balaban J connectivity index is 2.07. The molecule has 92 valence electrons. The molecule has 5 heteroatoms. The number of anilines is 2. The molecule has 4 nitrogen and oxygen atoms in total. The zero-order valence-corrected chi connectivity index (χ0v) is 10.4. The zero-order valence-electron chi connectivity index (χ0n) is 9.61. The van der Waals surface area contributed by atoms with E-state index in [2.05, 4.69) is 5.32 Å². The van der Waals surface area contributed by atoms with Crippen molar-refractivity contribution in [2.45, 2.75) is 18.1 Å². The van der Waals surface area contributed by atoms with Gasteiger partial charge >= 0.3 is 0 Å². The van der Waals surface area contributed by atoms with E-state index >= 15 is 0 Å². The van der Waals surface area contributed by atoms with Gasteiger partial charge in [-0.3, -0.25) is 4.79 Å². The predicted octanol–water partition coefficient (Wildman–Crippen LogP) is 1.68. The predicted molar refractivity (Wildman–Crippen MR) is 73.3 cm³/mol. The van der Waals surface area contributed by atoms with Gasteiger partial charge in [0.05, 0.1) is 5.56 Å². The molecule has 0 radical (unpaired) electrons. The maximum absolute atomic E-state index is 11.3. The second kappa shape index (κ2) is 5.31. The summed E-state index contributed by atoms with van der Waals surface area (Å²) in [4.78, 5) is 11.3. The first-order chi connectivity index (χ1) is 8.16. The summed E-state index contributed by atoms with van der Waals surface area (Å²) in [6.45, 7) is 0.856. The van der Waals surface area contributed by atoms with Crippen LogP contribution in [0, 0.1) is 0 Å². The standard InChI is InChI=1S/C12H17N3OS/c13-8-3-4-10(12(14)16)11(6-8)15-7-9-2-1-5-17-9/h3-4,6,9,15H,1-2,5,7,13H2,(H2,14,16). The SMILES string of the molecule is NC(=O)c1ccc(N)cc1NCC1CCCS1. The van der Waals surface area contributed by atoms with Gasteiger partial charge in [0.2, 0.25) is 0 Å². The quantitative estimate of drug-likeness (QED) is 0.711. The lowest BCUT2D eigenvalue weighted by Crippen LogP contribution is -2.18. The Morgan fingerprint density at radius 3 is 3.00 bits per heavy atom. The first-order valence-corrected chi connectivity index (χ1v) is 6.76. The molecule has 0 aliphatic carbocycles. The van der Waals surface area contributed by atoms with Crippen LogP contribution in [0.3, 0.4) is 0 Å². The van der Waals surface area contributed by atoms with Crippen LogP contribution in [-0.2, 0) is 0 Å². The molecule has 0 saturated carbocycles. The fourth-order valence-electron chi connectivity index (χ4n) is 1.95. The van der Waals surface area contributed by atoms with E-state index in [0.717, 1.165) is 12.2 Å². The topological polar surface area (TPSA) is 81.1 Å². The van der Waals surface area contributed by atoms with E-state index in [9.17, 15) is 4.79 Å². The summed E-state index contributed by atoms with van der Waals surface area (Å²) >= 11 is 1.97. The summed E-state index contributed by atoms with van der Waals surface area (Å²) in [5.41, 5.74) is 12.9. The molecule has 17 heavy (non-hydrogen) atoms. The molecular formula is C12H17N3OS. The largest absolute Gasteiger partial charge is 0.399 e. The number of hydrogen-bond acceptors (Lipinski definition) is 4. The highest BCUT2D eigenvalue weighted by atomic mass is 32.2. The molecule has 5 N–H and O–H groups in total. The Morgan fingerprint density at radius 1 is 1.53 bits per heavy atom. The lowest BCUT2D eigenvalue weighted by atomic mass is 10.1. The lowest BCUT2D eigenvalue weighted by Gasteiger charge is -2.14. The van der Waals surface area contributed by atoms with E-state index < -0.39 is 5.91 Å². The molecule has 2 rings (SSSR count). The van der Waals surface area contributed by atoms with Crippen molar-refractivity contribution in [1.29, 1.82) is 0 Å². The maximum Gasteiger partial charge on any atom is 0.250 e. The third-order valence-electron chi connectivity index (χ3n) is 2.85. The highest BCUT2D eigenvalue weighted by Gasteiger charge is 2.16. The minimum Gasteiger partial charge on any atom is -0.399 e. The van der Waals surface area contributed by atoms with Crippen molar-refractivity contribution in [3.8, 4) is 0 Å². The van der Waals surface area contributed by atoms with Crippen LogP contribution in [0.4, 0.5) is 11.4 Å². The van der Waals surface area contributed by atoms with Gasteiger partial charge in [-0.1, -0.05) is 0 Å². The summed E-state index contributed by atoms with van der Waals surface area (Å²) < 4.78 is 0. The van der Waals surface area contributed by atoms with Crippen molar-refractivity contribution < 1.29 is 4.79 Å². The van der Waals surface area contributed by atoms with Crippen molar-refractivity contribution in [2.24, 2.45) is 5.73 Å². The summed E-state index contributed by atoms with van der Waals surface area (Å²) in [6, 6.07) is 5.12. The number of nitrogen functional groups attached to an aromatic ring is 1. The molecular weight excluding hydrogens is 234 g/mol. The first kappa shape index (κ1) is 12.1. The van der Waals surface area contributed by atoms with Gasteiger partial charge in [-0.25, -0.2) is 0 Å². The van der Waals surface area contributed by atoms with Crippen LogP contribution in [0.5, 0.6) is 0 Å². The number of rotatable bonds is 4. The fraction of sp³-hybridized carbons (Fsp3) is 0.417. The second-order valence-corrected chi connectivity index (χ2v) is 5.59. The van der Waals surface area contributed by atoms with Gasteiger partial charge < -0.3 is 16.8 Å². The Bertz CT molecular complexity index is 416. The van der Waals surface area contributed by atoms with Crippen molar-refractivity contribution >= 4 is 29.0 Å². The van der Waals surface area contributed by atoms with Crippen molar-refractivity contribution in [1.82, 2.24) is 0 Å². The van der Waals surface area contributed by atoms with Crippen LogP contribution in [0.15, 0.2) is 18.2 Å². The summed E-state index contributed by atoms with van der Waals surface area (Å²) in [7, 11) is 0. The molecule has 1 heterocycles. The number of nitrogens with two attached hydrogens (primary N) is 2. The number of carbonyl (C=O) groups is 1. The number of thioether (sulfide) groups is 1. The summed E-state index contributed by atoms with van der Waals surface area (Å²) in [5.74, 6) is 0.804. The average molecular weight is 251 g/mol. The number of nitrogens with one attached hydrogen (secondary N) is 1. The van der Waals surface area contributed by atoms with Crippen molar-refractivity contribution in [2.75, 3.05) is 23.3 Å². The fourth-order valence-corrected chi connectivity index (χ4v) is 3.15. The van der Waals surface area contributed by atoms with E-state index in [4.69, 9.17) is 11.5 Å². The van der Waals surface area contributed by atoms with Gasteiger partial charge in [0.25, 0.3) is 5.91 Å². The van der Waals surface area contributed by atoms with Gasteiger partial charge in [-0.2, -0.15) is 11.8 Å². The third-order valence-corrected chi connectivity index (χ3v) is 4.25. The first-order valence-electron chi connectivity index (χ1n) is 5.71. The number of carbonyl (C=O) groups excluding carboxylic acids is 1. The van der Waals surface area contributed by atoms with Crippen LogP contribution in [0.1, 0.15) is 23.2 Å². The van der Waals surface area contributed by atoms with Gasteiger partial charge in [0.15, 0.2) is 0 Å². The van der Waals surface area contributed by atoms with Gasteiger partial charge in [0, 0.05) is 23.2 Å². The van der Waals surface area contributed by atoms with Crippen LogP contribution in [0.25, 0.3) is 0 Å². The summed E-state index contributed by atoms with van der Waals surface area (Å²) in [5, 5.41) is 3.90. The van der Waals surface area contributed by atoms with Gasteiger partial charge in [-0.05, 0) is 36.8 Å². The van der Waals surface area contributed by atoms with Crippen LogP contribution >= 0.6 is 11.8 Å². The normalized spacial score (nSPS) is 19.2. The zero-order chi connectivity index (χ0) is 12.3. The molecule has 1 atom stereocenters. The van der Waals surface area contributed by atoms with E-state index in [1.54, 1.807) is 18.2 Å². The molecule has 1 amide bonds. The van der Waals surface area contributed by atoms with Crippen LogP contribution < -0.4 is 16.8 Å². The van der Waals surface area contributed by atoms with Crippen LogP contribution in [-0.4, -0.2) is 23.5 Å². The van der Waals surface area contributed by atoms with Crippen LogP contribution in [0.2, 0.25) is 0 Å². The molecule has 1 aromatic carbocycles. The molecule has 1 saturated heterocycles. The van der Waals surface area contributed by atoms with Gasteiger partial charge in [0.1, 0.15) is 0 Å². The maximum atomic E-state index is 11.3. The Hall–Kier alpha value is -1.36. The average Bonchev–Trinajstić information content (AvgIpc) is 2.78. The minimum atomic E-state index is -0.424. The highest BCUT2D eigenvalue weighted by molar-refractivity contribution is 8.00. The number of benzene rings is 1. The van der Waals surface area contributed by atoms with E-state index in [-0.39, 0.29) is 0 Å². The van der Waals surface area contributed by atoms with Crippen molar-refractivity contribution in [3.63, 3.8) is 0 Å². The number of amides is 1.